The van der Waals surface area contributed by atoms with Crippen molar-refractivity contribution in [1.29, 1.82) is 0 Å². The Morgan fingerprint density at radius 3 is 2.88 bits per heavy atom. The summed E-state index contributed by atoms with van der Waals surface area (Å²) in [6, 6.07) is 2.44. The van der Waals surface area contributed by atoms with Crippen molar-refractivity contribution >= 4 is 12.7 Å². The first-order valence-corrected chi connectivity index (χ1v) is 5.24. The van der Waals surface area contributed by atoms with Crippen LogP contribution in [-0.2, 0) is 0 Å². The number of aromatic carboxylic acids is 1. The molecule has 0 radical (unpaired) electrons. The highest BCUT2D eigenvalue weighted by Gasteiger charge is 2.55. The van der Waals surface area contributed by atoms with Crippen LogP contribution in [0.1, 0.15) is 28.3 Å². The molecule has 7 heteroatoms. The standard InChI is InChI=1S/C10H9BFO5/c12-7-2-1-4-5-3-6(5)11(15,16)17-9(4)8(7)10(13)14/h1-2,5-6,15-16H,3H2,(H,13,14)/q-1/p-1. The van der Waals surface area contributed by atoms with Gasteiger partial charge >= 0.3 is 6.75 Å². The summed E-state index contributed by atoms with van der Waals surface area (Å²) >= 11 is 0. The van der Waals surface area contributed by atoms with Gasteiger partial charge in [0.25, 0.3) is 0 Å². The van der Waals surface area contributed by atoms with E-state index in [0.29, 0.717) is 12.0 Å². The van der Waals surface area contributed by atoms with E-state index < -0.39 is 29.9 Å². The van der Waals surface area contributed by atoms with Crippen molar-refractivity contribution in [3.63, 3.8) is 0 Å². The van der Waals surface area contributed by atoms with Gasteiger partial charge in [-0.25, -0.2) is 4.39 Å². The van der Waals surface area contributed by atoms with E-state index in [0.717, 1.165) is 6.07 Å². The molecule has 5 nitrogen and oxygen atoms in total. The largest absolute Gasteiger partial charge is 0.669 e. The number of hydrogen-bond acceptors (Lipinski definition) is 5. The van der Waals surface area contributed by atoms with Crippen LogP contribution in [0.4, 0.5) is 4.39 Å². The molecular formula is C10H8BFO5-2. The van der Waals surface area contributed by atoms with Crippen molar-refractivity contribution in [3.8, 4) is 5.75 Å². The Morgan fingerprint density at radius 1 is 1.53 bits per heavy atom. The number of fused-ring (bicyclic) bond motifs is 3. The Kier molecular flexibility index (Phi) is 1.86. The molecule has 17 heavy (non-hydrogen) atoms. The van der Waals surface area contributed by atoms with Crippen LogP contribution in [-0.4, -0.2) is 22.8 Å². The Morgan fingerprint density at radius 2 is 2.24 bits per heavy atom. The van der Waals surface area contributed by atoms with Crippen molar-refractivity contribution in [2.75, 3.05) is 0 Å². The van der Waals surface area contributed by atoms with Crippen LogP contribution in [0, 0.1) is 5.82 Å². The van der Waals surface area contributed by atoms with Crippen LogP contribution < -0.4 is 9.76 Å². The zero-order chi connectivity index (χ0) is 12.4. The van der Waals surface area contributed by atoms with E-state index >= 15 is 0 Å². The minimum Gasteiger partial charge on any atom is -0.669 e. The minimum atomic E-state index is -3.11. The summed E-state index contributed by atoms with van der Waals surface area (Å²) in [5.41, 5.74) is -0.251. The molecule has 1 heterocycles. The van der Waals surface area contributed by atoms with Crippen molar-refractivity contribution in [3.05, 3.63) is 29.1 Å². The highest BCUT2D eigenvalue weighted by molar-refractivity contribution is 6.62. The first-order chi connectivity index (χ1) is 7.92. The smallest absolute Gasteiger partial charge is 0.434 e. The predicted octanol–water partition coefficient (Wildman–Crippen LogP) is -0.637. The van der Waals surface area contributed by atoms with E-state index in [1.165, 1.54) is 6.07 Å². The lowest BCUT2D eigenvalue weighted by Gasteiger charge is -2.37. The molecule has 0 aromatic heterocycles. The molecule has 3 rings (SSSR count). The van der Waals surface area contributed by atoms with Gasteiger partial charge in [-0.2, -0.15) is 0 Å². The average Bonchev–Trinajstić information content (AvgIpc) is 2.96. The Hall–Kier alpha value is -1.60. The first-order valence-electron chi connectivity index (χ1n) is 5.24. The van der Waals surface area contributed by atoms with Gasteiger partial charge in [-0.15, -0.1) is 0 Å². The zero-order valence-corrected chi connectivity index (χ0v) is 8.59. The van der Waals surface area contributed by atoms with E-state index in [-0.39, 0.29) is 11.7 Å². The molecule has 90 valence electrons. The van der Waals surface area contributed by atoms with Crippen molar-refractivity contribution in [2.45, 2.75) is 18.2 Å². The molecule has 1 aliphatic carbocycles. The Bertz CT molecular complexity index is 530. The van der Waals surface area contributed by atoms with E-state index in [1.807, 2.05) is 0 Å². The molecule has 2 aliphatic rings. The maximum absolute atomic E-state index is 13.4. The number of carbonyl (C=O) groups excluding carboxylic acids is 1. The maximum atomic E-state index is 13.4. The molecule has 0 saturated heterocycles. The number of benzene rings is 1. The maximum Gasteiger partial charge on any atom is 0.434 e. The molecule has 1 saturated carbocycles. The quantitative estimate of drug-likeness (QED) is 0.635. The van der Waals surface area contributed by atoms with Crippen molar-refractivity contribution in [1.82, 2.24) is 0 Å². The number of hydrogen-bond donors (Lipinski definition) is 2. The van der Waals surface area contributed by atoms with Crippen molar-refractivity contribution in [2.24, 2.45) is 0 Å². The second-order valence-corrected chi connectivity index (χ2v) is 4.51. The van der Waals surface area contributed by atoms with E-state index in [2.05, 4.69) is 0 Å². The van der Waals surface area contributed by atoms with Gasteiger partial charge in [0.05, 0.1) is 17.3 Å². The number of carboxylic acids is 1. The summed E-state index contributed by atoms with van der Waals surface area (Å²) in [6.45, 7) is -3.11. The highest BCUT2D eigenvalue weighted by atomic mass is 19.1. The van der Waals surface area contributed by atoms with Gasteiger partial charge in [-0.05, 0) is 17.5 Å². The highest BCUT2D eigenvalue weighted by Crippen LogP contribution is 2.62. The SMILES string of the molecule is O=C([O-])c1c(F)ccc2c1O[B-](O)(O)C1CC21. The van der Waals surface area contributed by atoms with E-state index in [4.69, 9.17) is 4.65 Å². The molecular weight excluding hydrogens is 230 g/mol. The fourth-order valence-corrected chi connectivity index (χ4v) is 2.50. The van der Waals surface area contributed by atoms with Crippen LogP contribution in [0.2, 0.25) is 5.82 Å². The number of carboxylic acid groups (broad SMARTS) is 1. The summed E-state index contributed by atoms with van der Waals surface area (Å²) in [6.07, 6.45) is 0.498. The van der Waals surface area contributed by atoms with Crippen LogP contribution in [0.3, 0.4) is 0 Å². The number of carbonyl (C=O) groups is 1. The zero-order valence-electron chi connectivity index (χ0n) is 8.59. The lowest BCUT2D eigenvalue weighted by Crippen LogP contribution is -2.46. The monoisotopic (exact) mass is 238 g/mol. The molecule has 2 atom stereocenters. The van der Waals surface area contributed by atoms with Gasteiger partial charge in [0.15, 0.2) is 0 Å². The summed E-state index contributed by atoms with van der Waals surface area (Å²) in [5, 5.41) is 30.0. The average molecular weight is 238 g/mol. The molecule has 1 aromatic rings. The third-order valence-electron chi connectivity index (χ3n) is 3.43. The van der Waals surface area contributed by atoms with Gasteiger partial charge in [-0.1, -0.05) is 18.3 Å². The molecule has 1 fully saturated rings. The van der Waals surface area contributed by atoms with Gasteiger partial charge in [0.1, 0.15) is 5.82 Å². The van der Waals surface area contributed by atoms with Crippen LogP contribution in [0.25, 0.3) is 0 Å². The normalized spacial score (nSPS) is 27.7. The molecule has 2 unspecified atom stereocenters. The predicted molar refractivity (Wildman–Crippen MR) is 52.7 cm³/mol. The molecule has 1 aliphatic heterocycles. The lowest BCUT2D eigenvalue weighted by molar-refractivity contribution is -0.255. The van der Waals surface area contributed by atoms with Crippen molar-refractivity contribution < 1.29 is 29.0 Å². The topological polar surface area (TPSA) is 89.8 Å². The summed E-state index contributed by atoms with van der Waals surface area (Å²) < 4.78 is 18.2. The molecule has 0 amide bonds. The van der Waals surface area contributed by atoms with E-state index in [1.54, 1.807) is 0 Å². The summed E-state index contributed by atoms with van der Waals surface area (Å²) in [7, 11) is 0. The third kappa shape index (κ3) is 1.36. The second kappa shape index (κ2) is 2.99. The Balaban J connectivity index is 2.21. The molecule has 1 aromatic carbocycles. The summed E-state index contributed by atoms with van der Waals surface area (Å²) in [5.74, 6) is -3.65. The van der Waals surface area contributed by atoms with Gasteiger partial charge < -0.3 is 24.6 Å². The van der Waals surface area contributed by atoms with Crippen LogP contribution in [0.5, 0.6) is 5.75 Å². The molecule has 0 spiro atoms. The Labute approximate surface area is 95.5 Å². The minimum absolute atomic E-state index is 0.174. The number of rotatable bonds is 1. The van der Waals surface area contributed by atoms with Gasteiger partial charge in [0, 0.05) is 0 Å². The first kappa shape index (κ1) is 10.6. The third-order valence-corrected chi connectivity index (χ3v) is 3.43. The van der Waals surface area contributed by atoms with Crippen LogP contribution in [0.15, 0.2) is 12.1 Å². The van der Waals surface area contributed by atoms with Gasteiger partial charge in [-0.3, -0.25) is 0 Å². The fraction of sp³-hybridized carbons (Fsp3) is 0.300. The second-order valence-electron chi connectivity index (χ2n) is 4.51. The van der Waals surface area contributed by atoms with E-state index in [9.17, 15) is 24.3 Å². The molecule has 0 bridgehead atoms. The number of halogens is 1. The fourth-order valence-electron chi connectivity index (χ4n) is 2.50. The van der Waals surface area contributed by atoms with Gasteiger partial charge in [0.2, 0.25) is 0 Å². The van der Waals surface area contributed by atoms with Crippen LogP contribution >= 0.6 is 0 Å². The lowest BCUT2D eigenvalue weighted by atomic mass is 9.68. The molecule has 2 N–H and O–H groups in total. The summed E-state index contributed by atoms with van der Waals surface area (Å²) in [4.78, 5) is 10.8.